The molecule has 0 bridgehead atoms. The number of benzene rings is 2. The number of methoxy groups -OCH3 is 1. The SMILES string of the molecule is COc1cccc(C(=O)OCC(=O)Nc2ccc(C)cc2)c1O. The monoisotopic (exact) mass is 315 g/mol. The normalized spacial score (nSPS) is 10.0. The van der Waals surface area contributed by atoms with Gasteiger partial charge in [0.15, 0.2) is 18.1 Å². The standard InChI is InChI=1S/C17H17NO5/c1-11-6-8-12(9-7-11)18-15(19)10-23-17(21)13-4-3-5-14(22-2)16(13)20/h3-9,20H,10H2,1-2H3,(H,18,19). The predicted octanol–water partition coefficient (Wildman–Crippen LogP) is 2.50. The summed E-state index contributed by atoms with van der Waals surface area (Å²) in [5, 5.41) is 12.5. The maximum atomic E-state index is 11.9. The Labute approximate surface area is 133 Å². The van der Waals surface area contributed by atoms with Gasteiger partial charge in [-0.2, -0.15) is 0 Å². The van der Waals surface area contributed by atoms with E-state index in [0.717, 1.165) is 5.56 Å². The minimum absolute atomic E-state index is 0.0625. The summed E-state index contributed by atoms with van der Waals surface area (Å²) in [6.07, 6.45) is 0. The molecule has 0 unspecified atom stereocenters. The molecule has 0 fully saturated rings. The van der Waals surface area contributed by atoms with Gasteiger partial charge in [0.1, 0.15) is 5.56 Å². The Bertz CT molecular complexity index is 709. The van der Waals surface area contributed by atoms with Crippen LogP contribution in [0.5, 0.6) is 11.5 Å². The molecule has 1 amide bonds. The van der Waals surface area contributed by atoms with Gasteiger partial charge >= 0.3 is 5.97 Å². The lowest BCUT2D eigenvalue weighted by molar-refractivity contribution is -0.119. The molecule has 23 heavy (non-hydrogen) atoms. The molecule has 6 heteroatoms. The Morgan fingerprint density at radius 1 is 1.13 bits per heavy atom. The van der Waals surface area contributed by atoms with E-state index in [-0.39, 0.29) is 17.1 Å². The van der Waals surface area contributed by atoms with E-state index in [1.54, 1.807) is 18.2 Å². The number of carbonyl (C=O) groups is 2. The summed E-state index contributed by atoms with van der Waals surface area (Å²) in [5.74, 6) is -1.44. The van der Waals surface area contributed by atoms with E-state index in [0.29, 0.717) is 5.69 Å². The number of hydrogen-bond donors (Lipinski definition) is 2. The van der Waals surface area contributed by atoms with Gasteiger partial charge in [-0.25, -0.2) is 4.79 Å². The average Bonchev–Trinajstić information content (AvgIpc) is 2.55. The quantitative estimate of drug-likeness (QED) is 0.828. The third kappa shape index (κ3) is 4.23. The number of phenolic OH excluding ortho intramolecular Hbond substituents is 1. The number of aromatic hydroxyl groups is 1. The Kier molecular flexibility index (Phi) is 5.19. The molecule has 0 saturated carbocycles. The molecule has 0 heterocycles. The first-order valence-electron chi connectivity index (χ1n) is 6.91. The molecule has 0 aliphatic carbocycles. The van der Waals surface area contributed by atoms with Gasteiger partial charge in [-0.15, -0.1) is 0 Å². The lowest BCUT2D eigenvalue weighted by atomic mass is 10.2. The number of esters is 1. The molecule has 0 aromatic heterocycles. The first kappa shape index (κ1) is 16.4. The number of phenols is 1. The van der Waals surface area contributed by atoms with Crippen LogP contribution in [-0.4, -0.2) is 30.7 Å². The summed E-state index contributed by atoms with van der Waals surface area (Å²) in [7, 11) is 1.37. The molecule has 120 valence electrons. The topological polar surface area (TPSA) is 84.9 Å². The van der Waals surface area contributed by atoms with E-state index < -0.39 is 18.5 Å². The first-order chi connectivity index (χ1) is 11.0. The van der Waals surface area contributed by atoms with Gasteiger partial charge in [0.05, 0.1) is 7.11 Å². The highest BCUT2D eigenvalue weighted by Crippen LogP contribution is 2.29. The summed E-state index contributed by atoms with van der Waals surface area (Å²) in [6.45, 7) is 1.48. The Morgan fingerprint density at radius 3 is 2.48 bits per heavy atom. The molecule has 2 rings (SSSR count). The molecule has 0 aliphatic rings. The number of hydrogen-bond acceptors (Lipinski definition) is 5. The van der Waals surface area contributed by atoms with Crippen molar-refractivity contribution in [2.24, 2.45) is 0 Å². The van der Waals surface area contributed by atoms with Crippen molar-refractivity contribution in [2.75, 3.05) is 19.0 Å². The first-order valence-corrected chi connectivity index (χ1v) is 6.91. The maximum absolute atomic E-state index is 11.9. The van der Waals surface area contributed by atoms with Crippen LogP contribution in [0.3, 0.4) is 0 Å². The van der Waals surface area contributed by atoms with Crippen LogP contribution in [0.25, 0.3) is 0 Å². The zero-order chi connectivity index (χ0) is 16.8. The average molecular weight is 315 g/mol. The number of carbonyl (C=O) groups excluding carboxylic acids is 2. The fourth-order valence-corrected chi connectivity index (χ4v) is 1.89. The fourth-order valence-electron chi connectivity index (χ4n) is 1.89. The molecule has 0 aliphatic heterocycles. The number of aryl methyl sites for hydroxylation is 1. The molecule has 6 nitrogen and oxygen atoms in total. The molecule has 2 N–H and O–H groups in total. The highest BCUT2D eigenvalue weighted by Gasteiger charge is 2.17. The second kappa shape index (κ2) is 7.31. The number of ether oxygens (including phenoxy) is 2. The molecular formula is C17H17NO5. The zero-order valence-electron chi connectivity index (χ0n) is 12.8. The van der Waals surface area contributed by atoms with Crippen molar-refractivity contribution in [3.8, 4) is 11.5 Å². The predicted molar refractivity (Wildman–Crippen MR) is 84.8 cm³/mol. The summed E-state index contributed by atoms with van der Waals surface area (Å²) in [6, 6.07) is 11.7. The second-order valence-electron chi connectivity index (χ2n) is 4.85. The molecule has 2 aromatic carbocycles. The minimum Gasteiger partial charge on any atom is -0.504 e. The van der Waals surface area contributed by atoms with Crippen molar-refractivity contribution in [2.45, 2.75) is 6.92 Å². The van der Waals surface area contributed by atoms with Crippen molar-refractivity contribution in [1.82, 2.24) is 0 Å². The van der Waals surface area contributed by atoms with Crippen LogP contribution in [-0.2, 0) is 9.53 Å². The van der Waals surface area contributed by atoms with Gasteiger partial charge in [0, 0.05) is 5.69 Å². The van der Waals surface area contributed by atoms with E-state index in [4.69, 9.17) is 9.47 Å². The molecule has 0 radical (unpaired) electrons. The van der Waals surface area contributed by atoms with E-state index in [1.165, 1.54) is 19.2 Å². The van der Waals surface area contributed by atoms with Crippen LogP contribution in [0.4, 0.5) is 5.69 Å². The molecular weight excluding hydrogens is 298 g/mol. The molecule has 0 spiro atoms. The lowest BCUT2D eigenvalue weighted by Gasteiger charge is -2.09. The summed E-state index contributed by atoms with van der Waals surface area (Å²) >= 11 is 0. The van der Waals surface area contributed by atoms with Crippen LogP contribution < -0.4 is 10.1 Å². The summed E-state index contributed by atoms with van der Waals surface area (Å²) < 4.78 is 9.81. The number of nitrogens with one attached hydrogen (secondary N) is 1. The van der Waals surface area contributed by atoms with Gasteiger partial charge in [0.25, 0.3) is 5.91 Å². The van der Waals surface area contributed by atoms with Gasteiger partial charge in [-0.05, 0) is 31.2 Å². The second-order valence-corrected chi connectivity index (χ2v) is 4.85. The molecule has 0 saturated heterocycles. The highest BCUT2D eigenvalue weighted by molar-refractivity contribution is 5.97. The number of rotatable bonds is 5. The van der Waals surface area contributed by atoms with Crippen LogP contribution in [0, 0.1) is 6.92 Å². The zero-order valence-corrected chi connectivity index (χ0v) is 12.8. The number of amides is 1. The number of para-hydroxylation sites is 1. The van der Waals surface area contributed by atoms with E-state index >= 15 is 0 Å². The van der Waals surface area contributed by atoms with Gasteiger partial charge < -0.3 is 19.9 Å². The van der Waals surface area contributed by atoms with Gasteiger partial charge in [0.2, 0.25) is 0 Å². The van der Waals surface area contributed by atoms with Crippen molar-refractivity contribution < 1.29 is 24.2 Å². The van der Waals surface area contributed by atoms with Crippen molar-refractivity contribution in [3.05, 3.63) is 53.6 Å². The van der Waals surface area contributed by atoms with Crippen LogP contribution in [0.15, 0.2) is 42.5 Å². The van der Waals surface area contributed by atoms with E-state index in [2.05, 4.69) is 5.32 Å². The van der Waals surface area contributed by atoms with Crippen molar-refractivity contribution in [3.63, 3.8) is 0 Å². The Morgan fingerprint density at radius 2 is 1.83 bits per heavy atom. The van der Waals surface area contributed by atoms with Crippen molar-refractivity contribution >= 4 is 17.6 Å². The third-order valence-electron chi connectivity index (χ3n) is 3.11. The summed E-state index contributed by atoms with van der Waals surface area (Å²) in [4.78, 5) is 23.7. The third-order valence-corrected chi connectivity index (χ3v) is 3.11. The smallest absolute Gasteiger partial charge is 0.342 e. The largest absolute Gasteiger partial charge is 0.504 e. The van der Waals surface area contributed by atoms with Crippen molar-refractivity contribution in [1.29, 1.82) is 0 Å². The van der Waals surface area contributed by atoms with E-state index in [9.17, 15) is 14.7 Å². The summed E-state index contributed by atoms with van der Waals surface area (Å²) in [5.41, 5.74) is 1.62. The minimum atomic E-state index is -0.805. The molecule has 0 atom stereocenters. The highest BCUT2D eigenvalue weighted by atomic mass is 16.5. The van der Waals surface area contributed by atoms with Crippen LogP contribution >= 0.6 is 0 Å². The Balaban J connectivity index is 1.94. The van der Waals surface area contributed by atoms with Gasteiger partial charge in [-0.1, -0.05) is 23.8 Å². The fraction of sp³-hybridized carbons (Fsp3) is 0.176. The van der Waals surface area contributed by atoms with Crippen LogP contribution in [0.2, 0.25) is 0 Å². The van der Waals surface area contributed by atoms with E-state index in [1.807, 2.05) is 19.1 Å². The Hall–Kier alpha value is -3.02. The van der Waals surface area contributed by atoms with Gasteiger partial charge in [-0.3, -0.25) is 4.79 Å². The lowest BCUT2D eigenvalue weighted by Crippen LogP contribution is -2.21. The molecule has 2 aromatic rings. The van der Waals surface area contributed by atoms with Crippen LogP contribution in [0.1, 0.15) is 15.9 Å². The number of anilines is 1. The maximum Gasteiger partial charge on any atom is 0.342 e.